The van der Waals surface area contributed by atoms with Gasteiger partial charge in [0, 0.05) is 19.2 Å². The molecule has 4 aromatic rings. The monoisotopic (exact) mass is 490 g/mol. The lowest BCUT2D eigenvalue weighted by Crippen LogP contribution is -2.41. The fourth-order valence-corrected chi connectivity index (χ4v) is 4.15. The lowest BCUT2D eigenvalue weighted by atomic mass is 10.1. The van der Waals surface area contributed by atoms with Crippen LogP contribution in [0.25, 0.3) is 22.6 Å². The maximum Gasteiger partial charge on any atom is 0.251 e. The molecule has 1 aliphatic rings. The van der Waals surface area contributed by atoms with Crippen LogP contribution in [-0.2, 0) is 16.1 Å². The molecule has 3 unspecified atom stereocenters. The van der Waals surface area contributed by atoms with Gasteiger partial charge < -0.3 is 30.3 Å². The Balaban J connectivity index is 1.59. The number of aliphatic hydroxyl groups is 2. The summed E-state index contributed by atoms with van der Waals surface area (Å²) in [6.07, 6.45) is -3.65. The van der Waals surface area contributed by atoms with Crippen molar-refractivity contribution in [2.24, 2.45) is 0 Å². The van der Waals surface area contributed by atoms with E-state index in [1.54, 1.807) is 7.11 Å². The number of benzene rings is 2. The Hall–Kier alpha value is -4.06. The van der Waals surface area contributed by atoms with Gasteiger partial charge in [0.1, 0.15) is 18.0 Å². The molecule has 1 saturated heterocycles. The van der Waals surface area contributed by atoms with Crippen molar-refractivity contribution < 1.29 is 24.5 Å². The Morgan fingerprint density at radius 2 is 1.92 bits per heavy atom. The molecule has 4 atom stereocenters. The second kappa shape index (κ2) is 9.90. The number of hydrogen-bond acceptors (Lipinski definition) is 9. The van der Waals surface area contributed by atoms with Crippen molar-refractivity contribution in [3.63, 3.8) is 0 Å². The first-order valence-corrected chi connectivity index (χ1v) is 11.4. The van der Waals surface area contributed by atoms with Gasteiger partial charge in [-0.2, -0.15) is 0 Å². The zero-order valence-corrected chi connectivity index (χ0v) is 19.7. The van der Waals surface area contributed by atoms with Crippen molar-refractivity contribution in [3.8, 4) is 17.1 Å². The second-order valence-corrected chi connectivity index (χ2v) is 8.33. The fraction of sp³-hybridized carbons (Fsp3) is 0.280. The molecule has 11 nitrogen and oxygen atoms in total. The molecular formula is C25H26N6O5. The number of nitrogens with zero attached hydrogens (tertiary/aromatic N) is 4. The quantitative estimate of drug-likeness (QED) is 0.303. The number of carbonyl (C=O) groups is 1. The first-order chi connectivity index (χ1) is 17.5. The molecule has 5 rings (SSSR count). The SMILES string of the molecule is CNC(=O)[C@@H]1OC(n2cnc3c(NCc4ccccc4)nc(-c4cccc(OC)c4)nc32)C(O)C1O. The number of likely N-dealkylation sites (N-methyl/N-ethyl adjacent to an activating group) is 1. The number of aliphatic hydroxyl groups excluding tert-OH is 2. The Morgan fingerprint density at radius 1 is 1.11 bits per heavy atom. The molecule has 1 amide bonds. The van der Waals surface area contributed by atoms with Gasteiger partial charge in [-0.3, -0.25) is 9.36 Å². The number of hydrogen-bond donors (Lipinski definition) is 4. The molecule has 1 aliphatic heterocycles. The molecule has 0 radical (unpaired) electrons. The summed E-state index contributed by atoms with van der Waals surface area (Å²) in [4.78, 5) is 26.0. The van der Waals surface area contributed by atoms with Gasteiger partial charge in [-0.15, -0.1) is 0 Å². The third-order valence-corrected chi connectivity index (χ3v) is 6.07. The largest absolute Gasteiger partial charge is 0.497 e. The summed E-state index contributed by atoms with van der Waals surface area (Å²) in [5.41, 5.74) is 2.58. The van der Waals surface area contributed by atoms with Crippen LogP contribution in [0.5, 0.6) is 5.75 Å². The highest BCUT2D eigenvalue weighted by Crippen LogP contribution is 2.34. The number of rotatable bonds is 7. The van der Waals surface area contributed by atoms with Crippen LogP contribution in [0, 0.1) is 0 Å². The molecular weight excluding hydrogens is 464 g/mol. The lowest BCUT2D eigenvalue weighted by Gasteiger charge is -2.17. The number of aromatic nitrogens is 4. The smallest absolute Gasteiger partial charge is 0.251 e. The predicted molar refractivity (Wildman–Crippen MR) is 131 cm³/mol. The van der Waals surface area contributed by atoms with E-state index in [9.17, 15) is 15.0 Å². The summed E-state index contributed by atoms with van der Waals surface area (Å²) in [5, 5.41) is 26.9. The number of nitrogens with one attached hydrogen (secondary N) is 2. The summed E-state index contributed by atoms with van der Waals surface area (Å²) in [5.74, 6) is 0.992. The van der Waals surface area contributed by atoms with Crippen molar-refractivity contribution in [2.45, 2.75) is 31.1 Å². The van der Waals surface area contributed by atoms with E-state index in [4.69, 9.17) is 19.4 Å². The number of amides is 1. The summed E-state index contributed by atoms with van der Waals surface area (Å²) < 4.78 is 12.6. The first kappa shape index (κ1) is 23.7. The van der Waals surface area contributed by atoms with Gasteiger partial charge in [-0.25, -0.2) is 15.0 Å². The second-order valence-electron chi connectivity index (χ2n) is 8.33. The van der Waals surface area contributed by atoms with E-state index in [0.717, 1.165) is 5.56 Å². The third kappa shape index (κ3) is 4.35. The number of ether oxygens (including phenoxy) is 2. The molecule has 2 aromatic carbocycles. The molecule has 1 fully saturated rings. The summed E-state index contributed by atoms with van der Waals surface area (Å²) in [6.45, 7) is 0.497. The standard InChI is InChI=1S/C25H26N6O5/c1-26-24(34)20-18(32)19(33)25(36-20)31-13-28-17-22(27-12-14-7-4-3-5-8-14)29-21(30-23(17)31)15-9-6-10-16(11-15)35-2/h3-11,13,18-20,25,32-33H,12H2,1-2H3,(H,26,34)(H,27,29,30)/t18?,19?,20-,25?/m1/s1. The lowest BCUT2D eigenvalue weighted by molar-refractivity contribution is -0.137. The summed E-state index contributed by atoms with van der Waals surface area (Å²) in [7, 11) is 3.02. The summed E-state index contributed by atoms with van der Waals surface area (Å²) >= 11 is 0. The van der Waals surface area contributed by atoms with Crippen LogP contribution in [0.1, 0.15) is 11.8 Å². The number of carbonyl (C=O) groups excluding carboxylic acids is 1. The number of anilines is 1. The first-order valence-electron chi connectivity index (χ1n) is 11.4. The highest BCUT2D eigenvalue weighted by atomic mass is 16.6. The minimum Gasteiger partial charge on any atom is -0.497 e. The number of methoxy groups -OCH3 is 1. The molecule has 4 N–H and O–H groups in total. The van der Waals surface area contributed by atoms with Crippen LogP contribution < -0.4 is 15.4 Å². The molecule has 0 bridgehead atoms. The van der Waals surface area contributed by atoms with Gasteiger partial charge in [0.05, 0.1) is 13.4 Å². The average Bonchev–Trinajstić information content (AvgIpc) is 3.48. The zero-order valence-electron chi connectivity index (χ0n) is 19.7. The van der Waals surface area contributed by atoms with E-state index in [0.29, 0.717) is 40.7 Å². The molecule has 0 spiro atoms. The predicted octanol–water partition coefficient (Wildman–Crippen LogP) is 1.48. The van der Waals surface area contributed by atoms with Gasteiger partial charge in [0.2, 0.25) is 0 Å². The van der Waals surface area contributed by atoms with E-state index in [2.05, 4.69) is 15.6 Å². The molecule has 11 heteroatoms. The van der Waals surface area contributed by atoms with Crippen LogP contribution >= 0.6 is 0 Å². The molecule has 0 saturated carbocycles. The molecule has 186 valence electrons. The van der Waals surface area contributed by atoms with Gasteiger partial charge in [0.25, 0.3) is 5.91 Å². The Morgan fingerprint density at radius 3 is 2.67 bits per heavy atom. The van der Waals surface area contributed by atoms with Crippen LogP contribution in [0.4, 0.5) is 5.82 Å². The van der Waals surface area contributed by atoms with Crippen LogP contribution in [0.3, 0.4) is 0 Å². The van der Waals surface area contributed by atoms with Gasteiger partial charge in [-0.05, 0) is 17.7 Å². The van der Waals surface area contributed by atoms with Gasteiger partial charge in [0.15, 0.2) is 35.1 Å². The fourth-order valence-electron chi connectivity index (χ4n) is 4.15. The molecule has 36 heavy (non-hydrogen) atoms. The Bertz CT molecular complexity index is 1380. The van der Waals surface area contributed by atoms with E-state index in [1.807, 2.05) is 54.6 Å². The highest BCUT2D eigenvalue weighted by Gasteiger charge is 2.47. The van der Waals surface area contributed by atoms with Crippen LogP contribution in [0.15, 0.2) is 60.9 Å². The topological polar surface area (TPSA) is 144 Å². The van der Waals surface area contributed by atoms with E-state index in [1.165, 1.54) is 17.9 Å². The maximum atomic E-state index is 12.1. The van der Waals surface area contributed by atoms with E-state index in [-0.39, 0.29) is 0 Å². The Labute approximate surface area is 206 Å². The minimum atomic E-state index is -1.41. The average molecular weight is 491 g/mol. The molecule has 3 heterocycles. The van der Waals surface area contributed by atoms with Crippen LogP contribution in [0.2, 0.25) is 0 Å². The van der Waals surface area contributed by atoms with Crippen LogP contribution in [-0.4, -0.2) is 68.1 Å². The van der Waals surface area contributed by atoms with Crippen molar-refractivity contribution in [1.29, 1.82) is 0 Å². The van der Waals surface area contributed by atoms with Crippen molar-refractivity contribution in [3.05, 3.63) is 66.5 Å². The van der Waals surface area contributed by atoms with Crippen molar-refractivity contribution in [2.75, 3.05) is 19.5 Å². The normalized spacial score (nSPS) is 21.4. The zero-order chi connectivity index (χ0) is 25.2. The van der Waals surface area contributed by atoms with E-state index < -0.39 is 30.4 Å². The Kier molecular flexibility index (Phi) is 6.51. The minimum absolute atomic E-state index is 0.368. The van der Waals surface area contributed by atoms with Gasteiger partial charge in [-0.1, -0.05) is 42.5 Å². The number of fused-ring (bicyclic) bond motifs is 1. The highest BCUT2D eigenvalue weighted by molar-refractivity contribution is 5.85. The van der Waals surface area contributed by atoms with Crippen molar-refractivity contribution >= 4 is 22.9 Å². The van der Waals surface area contributed by atoms with Gasteiger partial charge >= 0.3 is 0 Å². The number of imidazole rings is 1. The third-order valence-electron chi connectivity index (χ3n) is 6.07. The maximum absolute atomic E-state index is 12.1. The summed E-state index contributed by atoms with van der Waals surface area (Å²) in [6, 6.07) is 17.2. The van der Waals surface area contributed by atoms with Crippen molar-refractivity contribution in [1.82, 2.24) is 24.8 Å². The molecule has 2 aromatic heterocycles. The molecule has 0 aliphatic carbocycles. The van der Waals surface area contributed by atoms with E-state index >= 15 is 0 Å².